The number of H-pyrrole nitrogens is 1. The lowest BCUT2D eigenvalue weighted by Gasteiger charge is -2.27. The Bertz CT molecular complexity index is 861. The van der Waals surface area contributed by atoms with Gasteiger partial charge < -0.3 is 23.9 Å². The first-order valence-electron chi connectivity index (χ1n) is 7.72. The SMILES string of the molecule is COc1cc(OC)c(C2CC(=O)Oc3cc(C)[nH]c(=O)c32)c(OC)c1. The van der Waals surface area contributed by atoms with Crippen molar-refractivity contribution in [1.82, 2.24) is 4.98 Å². The molecule has 132 valence electrons. The van der Waals surface area contributed by atoms with Crippen molar-refractivity contribution in [2.75, 3.05) is 21.3 Å². The van der Waals surface area contributed by atoms with Crippen molar-refractivity contribution in [3.63, 3.8) is 0 Å². The van der Waals surface area contributed by atoms with Crippen molar-refractivity contribution >= 4 is 5.97 Å². The van der Waals surface area contributed by atoms with E-state index in [2.05, 4.69) is 4.98 Å². The van der Waals surface area contributed by atoms with Crippen LogP contribution in [0.2, 0.25) is 0 Å². The molecule has 1 aromatic heterocycles. The first-order chi connectivity index (χ1) is 12.0. The molecule has 1 N–H and O–H groups in total. The van der Waals surface area contributed by atoms with Gasteiger partial charge in [0.05, 0.1) is 33.3 Å². The highest BCUT2D eigenvalue weighted by Gasteiger charge is 2.35. The number of ether oxygens (including phenoxy) is 4. The van der Waals surface area contributed by atoms with Gasteiger partial charge in [0.1, 0.15) is 23.0 Å². The van der Waals surface area contributed by atoms with Crippen molar-refractivity contribution in [3.05, 3.63) is 45.4 Å². The highest BCUT2D eigenvalue weighted by Crippen LogP contribution is 2.46. The minimum Gasteiger partial charge on any atom is -0.496 e. The van der Waals surface area contributed by atoms with E-state index in [0.717, 1.165) is 0 Å². The fourth-order valence-corrected chi connectivity index (χ4v) is 3.14. The number of rotatable bonds is 4. The molecule has 25 heavy (non-hydrogen) atoms. The van der Waals surface area contributed by atoms with Crippen LogP contribution in [0.25, 0.3) is 0 Å². The molecular formula is C18H19NO6. The normalized spacial score (nSPS) is 16.0. The zero-order valence-electron chi connectivity index (χ0n) is 14.5. The number of carbonyl (C=O) groups is 1. The number of esters is 1. The van der Waals surface area contributed by atoms with Crippen LogP contribution < -0.4 is 24.5 Å². The number of benzene rings is 1. The van der Waals surface area contributed by atoms with Crippen molar-refractivity contribution in [2.24, 2.45) is 0 Å². The number of aryl methyl sites for hydroxylation is 1. The molecule has 1 aliphatic rings. The summed E-state index contributed by atoms with van der Waals surface area (Å²) in [5.41, 5.74) is 1.31. The van der Waals surface area contributed by atoms with Crippen LogP contribution in [0.4, 0.5) is 0 Å². The van der Waals surface area contributed by atoms with Gasteiger partial charge in [0.25, 0.3) is 5.56 Å². The van der Waals surface area contributed by atoms with Gasteiger partial charge in [0.15, 0.2) is 0 Å². The molecule has 1 aliphatic heterocycles. The van der Waals surface area contributed by atoms with Crippen LogP contribution in [0.5, 0.6) is 23.0 Å². The van der Waals surface area contributed by atoms with Crippen LogP contribution in [-0.4, -0.2) is 32.3 Å². The smallest absolute Gasteiger partial charge is 0.312 e. The van der Waals surface area contributed by atoms with E-state index < -0.39 is 11.9 Å². The first-order valence-corrected chi connectivity index (χ1v) is 7.72. The molecule has 3 rings (SSSR count). The van der Waals surface area contributed by atoms with E-state index >= 15 is 0 Å². The summed E-state index contributed by atoms with van der Waals surface area (Å²) >= 11 is 0. The van der Waals surface area contributed by atoms with Gasteiger partial charge in [-0.05, 0) is 6.92 Å². The summed E-state index contributed by atoms with van der Waals surface area (Å²) in [4.78, 5) is 27.4. The molecule has 7 heteroatoms. The summed E-state index contributed by atoms with van der Waals surface area (Å²) < 4.78 is 21.5. The van der Waals surface area contributed by atoms with Gasteiger partial charge in [0.2, 0.25) is 0 Å². The molecule has 0 amide bonds. The van der Waals surface area contributed by atoms with E-state index in [-0.39, 0.29) is 17.7 Å². The van der Waals surface area contributed by atoms with Gasteiger partial charge in [-0.2, -0.15) is 0 Å². The number of carbonyl (C=O) groups excluding carboxylic acids is 1. The van der Waals surface area contributed by atoms with E-state index in [1.54, 1.807) is 25.1 Å². The fourth-order valence-electron chi connectivity index (χ4n) is 3.14. The summed E-state index contributed by atoms with van der Waals surface area (Å²) in [7, 11) is 4.56. The van der Waals surface area contributed by atoms with Crippen molar-refractivity contribution in [2.45, 2.75) is 19.3 Å². The van der Waals surface area contributed by atoms with Gasteiger partial charge in [-0.15, -0.1) is 0 Å². The Morgan fingerprint density at radius 2 is 1.64 bits per heavy atom. The maximum absolute atomic E-state index is 12.5. The van der Waals surface area contributed by atoms with Crippen LogP contribution in [0.3, 0.4) is 0 Å². The maximum Gasteiger partial charge on any atom is 0.312 e. The highest BCUT2D eigenvalue weighted by molar-refractivity contribution is 5.78. The Labute approximate surface area is 144 Å². The molecule has 0 radical (unpaired) electrons. The highest BCUT2D eigenvalue weighted by atomic mass is 16.5. The third-order valence-electron chi connectivity index (χ3n) is 4.21. The molecule has 0 bridgehead atoms. The van der Waals surface area contributed by atoms with Crippen LogP contribution in [0.1, 0.15) is 29.2 Å². The number of nitrogens with one attached hydrogen (secondary N) is 1. The molecule has 1 aromatic carbocycles. The molecule has 0 spiro atoms. The third-order valence-corrected chi connectivity index (χ3v) is 4.21. The monoisotopic (exact) mass is 345 g/mol. The second kappa shape index (κ2) is 6.51. The lowest BCUT2D eigenvalue weighted by molar-refractivity contribution is -0.135. The minimum atomic E-state index is -0.545. The third kappa shape index (κ3) is 2.93. The molecule has 2 heterocycles. The number of aromatic amines is 1. The quantitative estimate of drug-likeness (QED) is 0.855. The summed E-state index contributed by atoms with van der Waals surface area (Å²) in [6.45, 7) is 1.73. The zero-order valence-corrected chi connectivity index (χ0v) is 14.5. The average molecular weight is 345 g/mol. The van der Waals surface area contributed by atoms with Crippen molar-refractivity contribution < 1.29 is 23.7 Å². The molecular weight excluding hydrogens is 326 g/mol. The molecule has 0 aliphatic carbocycles. The van der Waals surface area contributed by atoms with Crippen LogP contribution in [0.15, 0.2) is 23.0 Å². The van der Waals surface area contributed by atoms with Crippen molar-refractivity contribution in [1.29, 1.82) is 0 Å². The number of hydrogen-bond acceptors (Lipinski definition) is 6. The van der Waals surface area contributed by atoms with E-state index in [4.69, 9.17) is 18.9 Å². The lowest BCUT2D eigenvalue weighted by atomic mass is 9.85. The summed E-state index contributed by atoms with van der Waals surface area (Å²) in [5.74, 6) is 0.804. The minimum absolute atomic E-state index is 0.0121. The first kappa shape index (κ1) is 16.9. The standard InChI is InChI=1S/C18H19NO6/c1-9-5-14-17(18(21)19-9)11(8-15(20)25-14)16-12(23-3)6-10(22-2)7-13(16)24-4/h5-7,11H,8H2,1-4H3,(H,19,21). The summed E-state index contributed by atoms with van der Waals surface area (Å²) in [6, 6.07) is 5.03. The van der Waals surface area contributed by atoms with Gasteiger partial charge in [-0.3, -0.25) is 9.59 Å². The predicted octanol–water partition coefficient (Wildman–Crippen LogP) is 2.15. The Kier molecular flexibility index (Phi) is 4.39. The van der Waals surface area contributed by atoms with Gasteiger partial charge in [-0.25, -0.2) is 0 Å². The van der Waals surface area contributed by atoms with Crippen LogP contribution in [0, 0.1) is 6.92 Å². The fraction of sp³-hybridized carbons (Fsp3) is 0.333. The number of hydrogen-bond donors (Lipinski definition) is 1. The molecule has 1 unspecified atom stereocenters. The average Bonchev–Trinajstić information content (AvgIpc) is 2.58. The molecule has 0 fully saturated rings. The van der Waals surface area contributed by atoms with Gasteiger partial charge in [-0.1, -0.05) is 0 Å². The number of pyridine rings is 1. The maximum atomic E-state index is 12.5. The van der Waals surface area contributed by atoms with Crippen molar-refractivity contribution in [3.8, 4) is 23.0 Å². The Balaban J connectivity index is 2.28. The second-order valence-corrected chi connectivity index (χ2v) is 5.74. The topological polar surface area (TPSA) is 86.9 Å². The molecule has 2 aromatic rings. The van der Waals surface area contributed by atoms with E-state index in [1.807, 2.05) is 0 Å². The number of fused-ring (bicyclic) bond motifs is 1. The lowest BCUT2D eigenvalue weighted by Crippen LogP contribution is -2.28. The van der Waals surface area contributed by atoms with Crippen LogP contribution in [-0.2, 0) is 4.79 Å². The van der Waals surface area contributed by atoms with Crippen LogP contribution >= 0.6 is 0 Å². The molecule has 1 atom stereocenters. The summed E-state index contributed by atoms with van der Waals surface area (Å²) in [6.07, 6.45) is 0.0121. The predicted molar refractivity (Wildman–Crippen MR) is 90.0 cm³/mol. The molecule has 7 nitrogen and oxygen atoms in total. The van der Waals surface area contributed by atoms with Gasteiger partial charge in [0, 0.05) is 35.4 Å². The van der Waals surface area contributed by atoms with E-state index in [9.17, 15) is 9.59 Å². The molecule has 0 saturated carbocycles. The Morgan fingerprint density at radius 3 is 2.20 bits per heavy atom. The number of aromatic nitrogens is 1. The van der Waals surface area contributed by atoms with E-state index in [0.29, 0.717) is 34.1 Å². The van der Waals surface area contributed by atoms with Gasteiger partial charge >= 0.3 is 5.97 Å². The number of methoxy groups -OCH3 is 3. The van der Waals surface area contributed by atoms with E-state index in [1.165, 1.54) is 21.3 Å². The Morgan fingerprint density at radius 1 is 1.00 bits per heavy atom. The Hall–Kier alpha value is -2.96. The zero-order chi connectivity index (χ0) is 18.1. The molecule has 0 saturated heterocycles. The largest absolute Gasteiger partial charge is 0.496 e. The summed E-state index contributed by atoms with van der Waals surface area (Å²) in [5, 5.41) is 0. The second-order valence-electron chi connectivity index (χ2n) is 5.74.